The summed E-state index contributed by atoms with van der Waals surface area (Å²) in [7, 11) is 1.73. The number of aliphatic imine (C=N–C) groups is 1. The number of rotatable bonds is 5. The van der Waals surface area contributed by atoms with E-state index < -0.39 is 0 Å². The van der Waals surface area contributed by atoms with Gasteiger partial charge in [0.2, 0.25) is 0 Å². The van der Waals surface area contributed by atoms with Gasteiger partial charge in [-0.25, -0.2) is 4.79 Å². The van der Waals surface area contributed by atoms with E-state index in [0.717, 1.165) is 48.7 Å². The Kier molecular flexibility index (Phi) is 6.07. The molecule has 0 saturated carbocycles. The van der Waals surface area contributed by atoms with E-state index in [9.17, 15) is 4.79 Å². The Bertz CT molecular complexity index is 1040. The van der Waals surface area contributed by atoms with Crippen molar-refractivity contribution in [3.05, 3.63) is 60.0 Å². The van der Waals surface area contributed by atoms with E-state index in [0.29, 0.717) is 19.0 Å². The van der Waals surface area contributed by atoms with Crippen LogP contribution in [0.15, 0.2) is 53.7 Å². The van der Waals surface area contributed by atoms with Crippen LogP contribution in [0.25, 0.3) is 5.65 Å². The second-order valence-corrected chi connectivity index (χ2v) is 7.15. The molecule has 9 nitrogen and oxygen atoms in total. The van der Waals surface area contributed by atoms with Crippen LogP contribution in [0.4, 0.5) is 10.5 Å². The molecule has 0 unspecified atom stereocenters. The molecule has 3 heterocycles. The summed E-state index contributed by atoms with van der Waals surface area (Å²) in [5, 5.41) is 17.9. The van der Waals surface area contributed by atoms with Crippen LogP contribution >= 0.6 is 0 Å². The molecular weight excluding hydrogens is 380 g/mol. The number of hydrogen-bond donors (Lipinski definition) is 3. The van der Waals surface area contributed by atoms with Crippen molar-refractivity contribution in [1.29, 1.82) is 0 Å². The second kappa shape index (κ2) is 9.25. The molecule has 0 atom stereocenters. The van der Waals surface area contributed by atoms with Gasteiger partial charge in [0.25, 0.3) is 0 Å². The van der Waals surface area contributed by atoms with Crippen LogP contribution in [-0.2, 0) is 13.1 Å². The van der Waals surface area contributed by atoms with Crippen molar-refractivity contribution in [1.82, 2.24) is 30.1 Å². The Morgan fingerprint density at radius 2 is 1.90 bits per heavy atom. The van der Waals surface area contributed by atoms with E-state index in [1.807, 2.05) is 58.0 Å². The van der Waals surface area contributed by atoms with Crippen molar-refractivity contribution < 1.29 is 4.79 Å². The number of nitrogens with one attached hydrogen (secondary N) is 3. The molecule has 156 valence electrons. The molecule has 30 heavy (non-hydrogen) atoms. The molecule has 9 heteroatoms. The zero-order valence-electron chi connectivity index (χ0n) is 17.0. The number of anilines is 1. The first-order valence-electron chi connectivity index (χ1n) is 10.1. The number of urea groups is 1. The minimum Gasteiger partial charge on any atom is -0.352 e. The van der Waals surface area contributed by atoms with Gasteiger partial charge < -0.3 is 20.9 Å². The number of nitrogens with zero attached hydrogens (tertiary/aromatic N) is 5. The molecule has 0 bridgehead atoms. The first-order valence-corrected chi connectivity index (χ1v) is 10.1. The third-order valence-electron chi connectivity index (χ3n) is 5.05. The van der Waals surface area contributed by atoms with Gasteiger partial charge in [-0.3, -0.25) is 9.39 Å². The lowest BCUT2D eigenvalue weighted by molar-refractivity contribution is 0.222. The number of guanidine groups is 1. The Hall–Kier alpha value is -3.62. The summed E-state index contributed by atoms with van der Waals surface area (Å²) in [4.78, 5) is 18.4. The predicted octanol–water partition coefficient (Wildman–Crippen LogP) is 2.22. The van der Waals surface area contributed by atoms with E-state index in [1.54, 1.807) is 7.05 Å². The lowest BCUT2D eigenvalue weighted by Crippen LogP contribution is -2.36. The van der Waals surface area contributed by atoms with Gasteiger partial charge in [-0.05, 0) is 42.7 Å². The van der Waals surface area contributed by atoms with Crippen LogP contribution in [0.5, 0.6) is 0 Å². The molecule has 0 aliphatic carbocycles. The molecule has 2 amide bonds. The fraction of sp³-hybridized carbons (Fsp3) is 0.333. The summed E-state index contributed by atoms with van der Waals surface area (Å²) < 4.78 is 1.94. The largest absolute Gasteiger partial charge is 0.352 e. The maximum atomic E-state index is 12.3. The van der Waals surface area contributed by atoms with Gasteiger partial charge in [-0.15, -0.1) is 10.2 Å². The van der Waals surface area contributed by atoms with Gasteiger partial charge in [0.05, 0.1) is 6.54 Å². The molecule has 3 N–H and O–H groups in total. The van der Waals surface area contributed by atoms with E-state index >= 15 is 0 Å². The van der Waals surface area contributed by atoms with Crippen LogP contribution in [0.2, 0.25) is 0 Å². The van der Waals surface area contributed by atoms with Crippen molar-refractivity contribution in [2.45, 2.75) is 25.9 Å². The third kappa shape index (κ3) is 4.68. The Morgan fingerprint density at radius 3 is 2.73 bits per heavy atom. The third-order valence-corrected chi connectivity index (χ3v) is 5.05. The lowest BCUT2D eigenvalue weighted by atomic mass is 10.2. The zero-order valence-corrected chi connectivity index (χ0v) is 17.0. The number of hydrogen-bond acceptors (Lipinski definition) is 4. The summed E-state index contributed by atoms with van der Waals surface area (Å²) in [6, 6.07) is 13.6. The van der Waals surface area contributed by atoms with Crippen molar-refractivity contribution in [2.75, 3.05) is 25.5 Å². The van der Waals surface area contributed by atoms with Crippen molar-refractivity contribution in [3.63, 3.8) is 0 Å². The Labute approximate surface area is 175 Å². The fourth-order valence-electron chi connectivity index (χ4n) is 3.46. The maximum absolute atomic E-state index is 12.3. The van der Waals surface area contributed by atoms with E-state index in [4.69, 9.17) is 0 Å². The van der Waals surface area contributed by atoms with Gasteiger partial charge in [0, 0.05) is 38.6 Å². The smallest absolute Gasteiger partial charge is 0.321 e. The highest BCUT2D eigenvalue weighted by Gasteiger charge is 2.17. The van der Waals surface area contributed by atoms with Crippen LogP contribution in [0, 0.1) is 0 Å². The second-order valence-electron chi connectivity index (χ2n) is 7.15. The minimum atomic E-state index is -0.0318. The average Bonchev–Trinajstić information content (AvgIpc) is 3.45. The van der Waals surface area contributed by atoms with Gasteiger partial charge in [0.1, 0.15) is 0 Å². The quantitative estimate of drug-likeness (QED) is 0.446. The highest BCUT2D eigenvalue weighted by Crippen LogP contribution is 2.14. The number of carbonyl (C=O) groups is 1. The number of carbonyl (C=O) groups excluding carboxylic acids is 1. The lowest BCUT2D eigenvalue weighted by Gasteiger charge is -2.17. The van der Waals surface area contributed by atoms with Crippen LogP contribution < -0.4 is 16.0 Å². The molecule has 4 rings (SSSR count). The molecule has 3 aromatic rings. The highest BCUT2D eigenvalue weighted by atomic mass is 16.2. The van der Waals surface area contributed by atoms with E-state index in [-0.39, 0.29) is 6.03 Å². The zero-order chi connectivity index (χ0) is 20.8. The maximum Gasteiger partial charge on any atom is 0.321 e. The molecular formula is C21H26N8O. The number of pyridine rings is 1. The molecule has 1 aromatic carbocycles. The molecule has 0 radical (unpaired) electrons. The topological polar surface area (TPSA) is 99.0 Å². The Morgan fingerprint density at radius 1 is 1.07 bits per heavy atom. The summed E-state index contributed by atoms with van der Waals surface area (Å²) in [6.07, 6.45) is 4.09. The highest BCUT2D eigenvalue weighted by molar-refractivity contribution is 5.89. The number of likely N-dealkylation sites (tertiary alicyclic amines) is 1. The number of amides is 2. The van der Waals surface area contributed by atoms with Crippen LogP contribution in [0.3, 0.4) is 0 Å². The normalized spacial score (nSPS) is 14.2. The summed E-state index contributed by atoms with van der Waals surface area (Å²) in [5.41, 5.74) is 2.65. The van der Waals surface area contributed by atoms with Crippen molar-refractivity contribution in [3.8, 4) is 0 Å². The van der Waals surface area contributed by atoms with Crippen LogP contribution in [-0.4, -0.2) is 51.6 Å². The monoisotopic (exact) mass is 406 g/mol. The summed E-state index contributed by atoms with van der Waals surface area (Å²) in [6.45, 7) is 2.73. The number of aromatic nitrogens is 3. The molecule has 1 fully saturated rings. The van der Waals surface area contributed by atoms with Crippen LogP contribution in [0.1, 0.15) is 24.2 Å². The number of benzene rings is 1. The molecule has 1 saturated heterocycles. The van der Waals surface area contributed by atoms with Gasteiger partial charge in [0.15, 0.2) is 17.4 Å². The first-order chi connectivity index (χ1) is 14.7. The van der Waals surface area contributed by atoms with Crippen molar-refractivity contribution in [2.24, 2.45) is 4.99 Å². The van der Waals surface area contributed by atoms with Gasteiger partial charge >= 0.3 is 6.03 Å². The predicted molar refractivity (Wildman–Crippen MR) is 116 cm³/mol. The molecule has 1 aliphatic rings. The summed E-state index contributed by atoms with van der Waals surface area (Å²) in [5.74, 6) is 1.47. The summed E-state index contributed by atoms with van der Waals surface area (Å²) >= 11 is 0. The van der Waals surface area contributed by atoms with Gasteiger partial charge in [-0.2, -0.15) is 0 Å². The SMILES string of the molecule is CN=C(NCc1cccc(NC(=O)N2CCCC2)c1)NCc1nnc2ccccn12. The van der Waals surface area contributed by atoms with E-state index in [1.165, 1.54) is 0 Å². The van der Waals surface area contributed by atoms with Crippen molar-refractivity contribution >= 4 is 23.3 Å². The minimum absolute atomic E-state index is 0.0318. The van der Waals surface area contributed by atoms with Gasteiger partial charge in [-0.1, -0.05) is 18.2 Å². The fourth-order valence-corrected chi connectivity index (χ4v) is 3.46. The first kappa shape index (κ1) is 19.7. The standard InChI is InChI=1S/C21H26N8O/c1-22-20(24-15-19-27-26-18-9-2-3-12-29(18)19)23-14-16-7-6-8-17(13-16)25-21(30)28-10-4-5-11-28/h2-3,6-9,12-13H,4-5,10-11,14-15H2,1H3,(H,25,30)(H2,22,23,24). The molecule has 0 spiro atoms. The van der Waals surface area contributed by atoms with E-state index in [2.05, 4.69) is 31.1 Å². The molecule has 1 aliphatic heterocycles. The Balaban J connectivity index is 1.31. The molecule has 2 aromatic heterocycles. The average molecular weight is 406 g/mol. The number of fused-ring (bicyclic) bond motifs is 1.